The van der Waals surface area contributed by atoms with Crippen molar-refractivity contribution in [2.75, 3.05) is 13.1 Å². The number of carbonyl (C=O) groups is 1. The Morgan fingerprint density at radius 2 is 1.71 bits per heavy atom. The van der Waals surface area contributed by atoms with Crippen molar-refractivity contribution in [2.24, 2.45) is 0 Å². The standard InChI is InChI=1S/C10H21NO2.ClH/c1-2-3-4-5-6-7-8-11-9-10(12)13;/h11H,2-9H2,1H3,(H,12,13);1H. The highest BCUT2D eigenvalue weighted by molar-refractivity contribution is 5.85. The average molecular weight is 224 g/mol. The molecular formula is C10H22ClNO2. The van der Waals surface area contributed by atoms with Crippen LogP contribution in [0.25, 0.3) is 0 Å². The molecule has 0 amide bonds. The highest BCUT2D eigenvalue weighted by Crippen LogP contribution is 2.03. The summed E-state index contributed by atoms with van der Waals surface area (Å²) in [5.74, 6) is -0.772. The summed E-state index contributed by atoms with van der Waals surface area (Å²) in [4.78, 5) is 10.1. The van der Waals surface area contributed by atoms with Gasteiger partial charge in [0.25, 0.3) is 0 Å². The Balaban J connectivity index is 0. The maximum atomic E-state index is 10.1. The van der Waals surface area contributed by atoms with Gasteiger partial charge < -0.3 is 10.4 Å². The van der Waals surface area contributed by atoms with Crippen LogP contribution in [0, 0.1) is 0 Å². The molecule has 3 nitrogen and oxygen atoms in total. The second-order valence-electron chi connectivity index (χ2n) is 3.34. The summed E-state index contributed by atoms with van der Waals surface area (Å²) in [6.07, 6.45) is 7.50. The molecule has 0 aliphatic heterocycles. The number of hydrogen-bond donors (Lipinski definition) is 2. The van der Waals surface area contributed by atoms with Crippen LogP contribution in [0.5, 0.6) is 0 Å². The van der Waals surface area contributed by atoms with Gasteiger partial charge in [0, 0.05) is 0 Å². The molecule has 0 aromatic heterocycles. The van der Waals surface area contributed by atoms with Crippen LogP contribution in [-0.4, -0.2) is 24.2 Å². The normalized spacial score (nSPS) is 9.50. The van der Waals surface area contributed by atoms with Crippen LogP contribution in [-0.2, 0) is 4.79 Å². The summed E-state index contributed by atoms with van der Waals surface area (Å²) in [6, 6.07) is 0. The van der Waals surface area contributed by atoms with E-state index in [4.69, 9.17) is 5.11 Å². The first-order valence-electron chi connectivity index (χ1n) is 5.20. The zero-order valence-corrected chi connectivity index (χ0v) is 9.74. The molecule has 2 N–H and O–H groups in total. The molecule has 14 heavy (non-hydrogen) atoms. The Kier molecular flexibility index (Phi) is 14.7. The van der Waals surface area contributed by atoms with Gasteiger partial charge in [0.1, 0.15) is 0 Å². The van der Waals surface area contributed by atoms with Crippen molar-refractivity contribution in [1.29, 1.82) is 0 Å². The minimum absolute atomic E-state index is 0. The molecule has 0 spiro atoms. The second kappa shape index (κ2) is 12.7. The fraction of sp³-hybridized carbons (Fsp3) is 0.900. The molecule has 0 bridgehead atoms. The third kappa shape index (κ3) is 14.3. The van der Waals surface area contributed by atoms with Crippen molar-refractivity contribution in [3.63, 3.8) is 0 Å². The molecule has 0 radical (unpaired) electrons. The Morgan fingerprint density at radius 3 is 2.29 bits per heavy atom. The van der Waals surface area contributed by atoms with Crippen molar-refractivity contribution < 1.29 is 9.90 Å². The molecule has 0 aliphatic carbocycles. The minimum Gasteiger partial charge on any atom is -0.480 e. The minimum atomic E-state index is -0.772. The van der Waals surface area contributed by atoms with Gasteiger partial charge in [-0.05, 0) is 13.0 Å². The van der Waals surface area contributed by atoms with E-state index in [-0.39, 0.29) is 19.0 Å². The Labute approximate surface area is 92.7 Å². The number of halogens is 1. The van der Waals surface area contributed by atoms with E-state index in [1.54, 1.807) is 0 Å². The number of carboxylic acid groups (broad SMARTS) is 1. The molecule has 0 fully saturated rings. The highest BCUT2D eigenvalue weighted by atomic mass is 35.5. The number of nitrogens with one attached hydrogen (secondary N) is 1. The zero-order valence-electron chi connectivity index (χ0n) is 8.92. The monoisotopic (exact) mass is 223 g/mol. The second-order valence-corrected chi connectivity index (χ2v) is 3.34. The van der Waals surface area contributed by atoms with Crippen LogP contribution in [0.4, 0.5) is 0 Å². The lowest BCUT2D eigenvalue weighted by molar-refractivity contribution is -0.135. The van der Waals surface area contributed by atoms with Gasteiger partial charge in [0.2, 0.25) is 0 Å². The molecule has 0 unspecified atom stereocenters. The van der Waals surface area contributed by atoms with E-state index in [2.05, 4.69) is 12.2 Å². The number of unbranched alkanes of at least 4 members (excludes halogenated alkanes) is 5. The van der Waals surface area contributed by atoms with Crippen LogP contribution in [0.15, 0.2) is 0 Å². The number of aliphatic carboxylic acids is 1. The van der Waals surface area contributed by atoms with Gasteiger partial charge >= 0.3 is 5.97 Å². The summed E-state index contributed by atoms with van der Waals surface area (Å²) < 4.78 is 0. The first-order valence-corrected chi connectivity index (χ1v) is 5.20. The fourth-order valence-corrected chi connectivity index (χ4v) is 1.23. The average Bonchev–Trinajstić information content (AvgIpc) is 2.09. The number of hydrogen-bond acceptors (Lipinski definition) is 2. The Hall–Kier alpha value is -0.280. The number of rotatable bonds is 9. The predicted molar refractivity (Wildman–Crippen MR) is 61.1 cm³/mol. The molecule has 0 rings (SSSR count). The van der Waals surface area contributed by atoms with Gasteiger partial charge in [-0.1, -0.05) is 39.0 Å². The molecule has 0 atom stereocenters. The summed E-state index contributed by atoms with van der Waals surface area (Å²) >= 11 is 0. The lowest BCUT2D eigenvalue weighted by Gasteiger charge is -2.01. The quantitative estimate of drug-likeness (QED) is 0.591. The molecular weight excluding hydrogens is 202 g/mol. The first kappa shape index (κ1) is 16.2. The molecule has 0 heterocycles. The van der Waals surface area contributed by atoms with E-state index in [1.807, 2.05) is 0 Å². The van der Waals surface area contributed by atoms with Gasteiger partial charge in [0.15, 0.2) is 0 Å². The maximum Gasteiger partial charge on any atom is 0.317 e. The van der Waals surface area contributed by atoms with Crippen LogP contribution < -0.4 is 5.32 Å². The smallest absolute Gasteiger partial charge is 0.317 e. The van der Waals surface area contributed by atoms with E-state index in [0.717, 1.165) is 13.0 Å². The van der Waals surface area contributed by atoms with Crippen molar-refractivity contribution >= 4 is 18.4 Å². The molecule has 0 saturated heterocycles. The predicted octanol–water partition coefficient (Wildman–Crippen LogP) is 2.44. The Morgan fingerprint density at radius 1 is 1.14 bits per heavy atom. The highest BCUT2D eigenvalue weighted by Gasteiger charge is 1.94. The topological polar surface area (TPSA) is 49.3 Å². The van der Waals surface area contributed by atoms with E-state index >= 15 is 0 Å². The van der Waals surface area contributed by atoms with E-state index in [9.17, 15) is 4.79 Å². The lowest BCUT2D eigenvalue weighted by atomic mass is 10.1. The van der Waals surface area contributed by atoms with E-state index in [1.165, 1.54) is 32.1 Å². The van der Waals surface area contributed by atoms with Crippen LogP contribution in [0.1, 0.15) is 45.4 Å². The van der Waals surface area contributed by atoms with E-state index in [0.29, 0.717) is 0 Å². The molecule has 0 aromatic carbocycles. The molecule has 4 heteroatoms. The number of carboxylic acids is 1. The van der Waals surface area contributed by atoms with Crippen LogP contribution >= 0.6 is 12.4 Å². The van der Waals surface area contributed by atoms with Crippen molar-refractivity contribution in [2.45, 2.75) is 45.4 Å². The van der Waals surface area contributed by atoms with Gasteiger partial charge in [-0.3, -0.25) is 4.79 Å². The Bertz CT molecular complexity index is 131. The van der Waals surface area contributed by atoms with Gasteiger partial charge in [-0.25, -0.2) is 0 Å². The largest absolute Gasteiger partial charge is 0.480 e. The van der Waals surface area contributed by atoms with Crippen molar-refractivity contribution in [3.8, 4) is 0 Å². The molecule has 86 valence electrons. The zero-order chi connectivity index (χ0) is 9.94. The molecule has 0 saturated carbocycles. The molecule has 0 aromatic rings. The fourth-order valence-electron chi connectivity index (χ4n) is 1.23. The maximum absolute atomic E-state index is 10.1. The van der Waals surface area contributed by atoms with Gasteiger partial charge in [-0.15, -0.1) is 12.4 Å². The third-order valence-electron chi connectivity index (χ3n) is 1.98. The molecule has 0 aliphatic rings. The van der Waals surface area contributed by atoms with Gasteiger partial charge in [0.05, 0.1) is 6.54 Å². The first-order chi connectivity index (χ1) is 6.27. The summed E-state index contributed by atoms with van der Waals surface area (Å²) in [6.45, 7) is 3.13. The van der Waals surface area contributed by atoms with Crippen molar-refractivity contribution in [1.82, 2.24) is 5.32 Å². The van der Waals surface area contributed by atoms with Crippen molar-refractivity contribution in [3.05, 3.63) is 0 Å². The van der Waals surface area contributed by atoms with Crippen LogP contribution in [0.2, 0.25) is 0 Å². The van der Waals surface area contributed by atoms with Crippen LogP contribution in [0.3, 0.4) is 0 Å². The SMILES string of the molecule is CCCCCCCCNCC(=O)O.Cl. The summed E-state index contributed by atoms with van der Waals surface area (Å²) in [5.41, 5.74) is 0. The van der Waals surface area contributed by atoms with Gasteiger partial charge in [-0.2, -0.15) is 0 Å². The summed E-state index contributed by atoms with van der Waals surface area (Å²) in [5, 5.41) is 11.2. The summed E-state index contributed by atoms with van der Waals surface area (Å²) in [7, 11) is 0. The lowest BCUT2D eigenvalue weighted by Crippen LogP contribution is -2.23. The van der Waals surface area contributed by atoms with E-state index < -0.39 is 5.97 Å². The third-order valence-corrected chi connectivity index (χ3v) is 1.98.